The van der Waals surface area contributed by atoms with E-state index in [-0.39, 0.29) is 6.92 Å². The molecule has 1 aliphatic rings. The first-order valence-electron chi connectivity index (χ1n) is 6.39. The highest BCUT2D eigenvalue weighted by molar-refractivity contribution is 5.22. The van der Waals surface area contributed by atoms with Crippen LogP contribution in [-0.2, 0) is 4.74 Å². The maximum atomic E-state index is 13.5. The van der Waals surface area contributed by atoms with Crippen LogP contribution in [0.1, 0.15) is 6.92 Å². The Labute approximate surface area is 137 Å². The van der Waals surface area contributed by atoms with E-state index in [9.17, 15) is 52.7 Å². The van der Waals surface area contributed by atoms with Crippen LogP contribution >= 0.6 is 0 Å². The van der Waals surface area contributed by atoms with Crippen molar-refractivity contribution >= 4 is 0 Å². The molecular weight excluding hydrogens is 404 g/mol. The van der Waals surface area contributed by atoms with E-state index in [4.69, 9.17) is 5.11 Å². The molecule has 0 aromatic heterocycles. The third kappa shape index (κ3) is 2.51. The van der Waals surface area contributed by atoms with Gasteiger partial charge in [0.15, 0.2) is 5.60 Å². The highest BCUT2D eigenvalue weighted by Gasteiger charge is 2.92. The van der Waals surface area contributed by atoms with Crippen LogP contribution in [0.2, 0.25) is 0 Å². The first-order valence-corrected chi connectivity index (χ1v) is 6.39. The number of halogens is 12. The van der Waals surface area contributed by atoms with Crippen molar-refractivity contribution in [1.82, 2.24) is 0 Å². The van der Waals surface area contributed by atoms with Crippen molar-refractivity contribution < 1.29 is 62.5 Å². The van der Waals surface area contributed by atoms with Crippen LogP contribution in [-0.4, -0.2) is 59.5 Å². The van der Waals surface area contributed by atoms with Crippen LogP contribution in [0.5, 0.6) is 0 Å². The van der Waals surface area contributed by atoms with Crippen LogP contribution in [0.3, 0.4) is 0 Å². The number of alkyl halides is 12. The van der Waals surface area contributed by atoms with E-state index in [1.54, 1.807) is 0 Å². The van der Waals surface area contributed by atoms with Crippen molar-refractivity contribution in [3.8, 4) is 0 Å². The van der Waals surface area contributed by atoms with Gasteiger partial charge in [-0.15, -0.1) is 0 Å². The molecule has 154 valence electrons. The summed E-state index contributed by atoms with van der Waals surface area (Å²) >= 11 is 0. The summed E-state index contributed by atoms with van der Waals surface area (Å²) in [6.45, 7) is -1.25. The molecule has 0 aromatic rings. The Hall–Kier alpha value is -1.18. The zero-order valence-electron chi connectivity index (χ0n) is 12.5. The minimum atomic E-state index is -7.68. The van der Waals surface area contributed by atoms with Crippen molar-refractivity contribution in [3.63, 3.8) is 0 Å². The highest BCUT2D eigenvalue weighted by atomic mass is 19.4. The lowest BCUT2D eigenvalue weighted by atomic mass is 9.86. The van der Waals surface area contributed by atoms with Crippen LogP contribution in [0.15, 0.2) is 12.2 Å². The molecule has 1 rings (SSSR count). The van der Waals surface area contributed by atoms with Gasteiger partial charge in [-0.05, 0) is 6.92 Å². The molecule has 1 atom stereocenters. The monoisotopic (exact) mass is 414 g/mol. The van der Waals surface area contributed by atoms with Gasteiger partial charge < -0.3 is 9.84 Å². The Balaban J connectivity index is 3.51. The van der Waals surface area contributed by atoms with E-state index in [0.29, 0.717) is 0 Å². The van der Waals surface area contributed by atoms with Crippen LogP contribution in [0, 0.1) is 0 Å². The Morgan fingerprint density at radius 1 is 0.846 bits per heavy atom. The van der Waals surface area contributed by atoms with Gasteiger partial charge in [0.2, 0.25) is 0 Å². The Morgan fingerprint density at radius 3 is 1.50 bits per heavy atom. The molecule has 0 radical (unpaired) electrons. The van der Waals surface area contributed by atoms with Crippen molar-refractivity contribution in [3.05, 3.63) is 12.2 Å². The van der Waals surface area contributed by atoms with E-state index in [0.717, 1.165) is 0 Å². The largest absolute Gasteiger partial charge is 0.392 e. The summed E-state index contributed by atoms with van der Waals surface area (Å²) in [4.78, 5) is 0. The SMILES string of the molecule is C=C(CO)C(F)(F)C(F)(F)C(F)(F)C(F)(F)C(F)(F)C(F)(F)C1(C)CO1. The lowest BCUT2D eigenvalue weighted by Crippen LogP contribution is -2.72. The van der Waals surface area contributed by atoms with E-state index in [2.05, 4.69) is 11.3 Å². The Morgan fingerprint density at radius 2 is 1.19 bits per heavy atom. The van der Waals surface area contributed by atoms with Gasteiger partial charge in [0.1, 0.15) is 0 Å². The maximum absolute atomic E-state index is 13.5. The average molecular weight is 414 g/mol. The van der Waals surface area contributed by atoms with Gasteiger partial charge in [-0.3, -0.25) is 0 Å². The molecule has 1 heterocycles. The molecule has 0 bridgehead atoms. The summed E-state index contributed by atoms with van der Waals surface area (Å²) in [7, 11) is 0. The molecule has 1 saturated heterocycles. The molecular formula is C12H10F12O2. The fourth-order valence-corrected chi connectivity index (χ4v) is 1.73. The van der Waals surface area contributed by atoms with E-state index < -0.39 is 59.9 Å². The summed E-state index contributed by atoms with van der Waals surface area (Å²) < 4.78 is 165. The second-order valence-corrected chi connectivity index (χ2v) is 5.73. The van der Waals surface area contributed by atoms with Gasteiger partial charge in [-0.1, -0.05) is 6.58 Å². The number of epoxide rings is 1. The molecule has 1 aliphatic heterocycles. The van der Waals surface area contributed by atoms with E-state index in [1.807, 2.05) is 0 Å². The second kappa shape index (κ2) is 5.66. The van der Waals surface area contributed by atoms with Crippen molar-refractivity contribution in [2.45, 2.75) is 48.1 Å². The molecule has 1 N–H and O–H groups in total. The lowest BCUT2D eigenvalue weighted by Gasteiger charge is -2.42. The number of ether oxygens (including phenoxy) is 1. The fraction of sp³-hybridized carbons (Fsp3) is 0.833. The summed E-state index contributed by atoms with van der Waals surface area (Å²) in [6.07, 6.45) is 0. The van der Waals surface area contributed by atoms with Crippen molar-refractivity contribution in [1.29, 1.82) is 0 Å². The molecule has 2 nitrogen and oxygen atoms in total. The minimum Gasteiger partial charge on any atom is -0.392 e. The summed E-state index contributed by atoms with van der Waals surface area (Å²) in [5.41, 5.74) is -5.81. The third-order valence-electron chi connectivity index (χ3n) is 3.85. The van der Waals surface area contributed by atoms with E-state index in [1.165, 1.54) is 0 Å². The topological polar surface area (TPSA) is 32.8 Å². The number of aliphatic hydroxyl groups is 1. The lowest BCUT2D eigenvalue weighted by molar-refractivity contribution is -0.425. The molecule has 26 heavy (non-hydrogen) atoms. The van der Waals surface area contributed by atoms with Crippen molar-refractivity contribution in [2.24, 2.45) is 0 Å². The van der Waals surface area contributed by atoms with Crippen LogP contribution in [0.4, 0.5) is 52.7 Å². The van der Waals surface area contributed by atoms with Gasteiger partial charge in [-0.25, -0.2) is 0 Å². The summed E-state index contributed by atoms with van der Waals surface area (Å²) in [5, 5.41) is 8.28. The molecule has 1 fully saturated rings. The van der Waals surface area contributed by atoms with Gasteiger partial charge in [0.05, 0.1) is 13.2 Å². The van der Waals surface area contributed by atoms with Gasteiger partial charge in [0, 0.05) is 5.57 Å². The molecule has 0 aliphatic carbocycles. The van der Waals surface area contributed by atoms with Gasteiger partial charge >= 0.3 is 35.5 Å². The number of hydrogen-bond acceptors (Lipinski definition) is 2. The number of aliphatic hydroxyl groups excluding tert-OH is 1. The van der Waals surface area contributed by atoms with Crippen molar-refractivity contribution in [2.75, 3.05) is 13.2 Å². The third-order valence-corrected chi connectivity index (χ3v) is 3.85. The number of hydrogen-bond donors (Lipinski definition) is 1. The first kappa shape index (κ1) is 22.9. The predicted octanol–water partition coefficient (Wildman–Crippen LogP) is 4.14. The number of rotatable bonds is 8. The zero-order chi connectivity index (χ0) is 21.2. The maximum Gasteiger partial charge on any atom is 0.385 e. The zero-order valence-corrected chi connectivity index (χ0v) is 12.5. The molecule has 0 saturated carbocycles. The first-order chi connectivity index (χ1) is 11.2. The molecule has 0 spiro atoms. The molecule has 0 amide bonds. The standard InChI is InChI=1S/C12H10F12O2/c1-5(3-25)7(13,14)9(17,18)11(21,22)12(23,24)10(19,20)8(15,16)6(2)4-26-6/h25H,1,3-4H2,2H3. The Bertz CT molecular complexity index is 579. The fourth-order valence-electron chi connectivity index (χ4n) is 1.73. The minimum absolute atomic E-state index is 0.107. The van der Waals surface area contributed by atoms with Gasteiger partial charge in [-0.2, -0.15) is 52.7 Å². The quantitative estimate of drug-likeness (QED) is 0.368. The van der Waals surface area contributed by atoms with Crippen LogP contribution in [0.25, 0.3) is 0 Å². The molecule has 1 unspecified atom stereocenters. The summed E-state index contributed by atoms with van der Waals surface area (Å²) in [5.74, 6) is -42.3. The molecule has 14 heteroatoms. The second-order valence-electron chi connectivity index (χ2n) is 5.73. The summed E-state index contributed by atoms with van der Waals surface area (Å²) in [6, 6.07) is 0. The normalized spacial score (nSPS) is 23.2. The Kier molecular flexibility index (Phi) is 4.98. The molecule has 0 aromatic carbocycles. The van der Waals surface area contributed by atoms with Crippen LogP contribution < -0.4 is 0 Å². The highest BCUT2D eigenvalue weighted by Crippen LogP contribution is 2.63. The average Bonchev–Trinajstić information content (AvgIpc) is 3.24. The predicted molar refractivity (Wildman–Crippen MR) is 60.3 cm³/mol. The van der Waals surface area contributed by atoms with Gasteiger partial charge in [0.25, 0.3) is 0 Å². The van der Waals surface area contributed by atoms with E-state index >= 15 is 0 Å². The smallest absolute Gasteiger partial charge is 0.385 e.